The van der Waals surface area contributed by atoms with Crippen LogP contribution in [0.5, 0.6) is 11.5 Å². The summed E-state index contributed by atoms with van der Waals surface area (Å²) in [6.45, 7) is 0. The first-order valence-corrected chi connectivity index (χ1v) is 11.6. The number of benzene rings is 3. The van der Waals surface area contributed by atoms with Gasteiger partial charge in [-0.2, -0.15) is 0 Å². The predicted octanol–water partition coefficient (Wildman–Crippen LogP) is 3.69. The van der Waals surface area contributed by atoms with Gasteiger partial charge in [0.1, 0.15) is 6.04 Å². The first-order valence-electron chi connectivity index (χ1n) is 10.8. The zero-order valence-electron chi connectivity index (χ0n) is 19.5. The van der Waals surface area contributed by atoms with Gasteiger partial charge in [-0.05, 0) is 41.5 Å². The minimum atomic E-state index is -0.849. The molecule has 0 spiro atoms. The van der Waals surface area contributed by atoms with Gasteiger partial charge in [-0.1, -0.05) is 58.4 Å². The number of nitrogens with zero attached hydrogens (tertiary/aromatic N) is 1. The second-order valence-electron chi connectivity index (χ2n) is 7.63. The number of carbonyl (C=O) groups is 2. The molecule has 0 bridgehead atoms. The number of nitrogens with two attached hydrogens (primary N) is 1. The van der Waals surface area contributed by atoms with Crippen molar-refractivity contribution >= 4 is 39.4 Å². The number of methoxy groups -OCH3 is 2. The Balaban J connectivity index is 1.73. The molecule has 3 aromatic rings. The molecule has 0 aliphatic heterocycles. The first-order chi connectivity index (χ1) is 16.9. The van der Waals surface area contributed by atoms with Crippen LogP contribution in [0.1, 0.15) is 11.1 Å². The Kier molecular flexibility index (Phi) is 9.25. The average Bonchev–Trinajstić information content (AvgIpc) is 2.84. The van der Waals surface area contributed by atoms with Gasteiger partial charge in [-0.15, -0.1) is 0 Å². The molecule has 0 radical (unpaired) electrons. The van der Waals surface area contributed by atoms with E-state index in [0.29, 0.717) is 29.2 Å². The fourth-order valence-corrected chi connectivity index (χ4v) is 3.79. The Morgan fingerprint density at radius 3 is 2.37 bits per heavy atom. The van der Waals surface area contributed by atoms with Gasteiger partial charge in [0.2, 0.25) is 11.8 Å². The molecule has 0 saturated heterocycles. The fourth-order valence-electron chi connectivity index (χ4n) is 3.39. The van der Waals surface area contributed by atoms with Crippen LogP contribution in [0.25, 0.3) is 0 Å². The topological polar surface area (TPSA) is 115 Å². The van der Waals surface area contributed by atoms with E-state index in [1.165, 1.54) is 7.11 Å². The molecule has 0 heterocycles. The number of hydrogen-bond donors (Lipinski definition) is 3. The number of halogens is 1. The molecule has 8 nitrogen and oxygen atoms in total. The van der Waals surface area contributed by atoms with Crippen LogP contribution >= 0.6 is 15.9 Å². The summed E-state index contributed by atoms with van der Waals surface area (Å²) in [4.78, 5) is 29.9. The summed E-state index contributed by atoms with van der Waals surface area (Å²) < 4.78 is 11.3. The largest absolute Gasteiger partial charge is 0.493 e. The minimum Gasteiger partial charge on any atom is -0.493 e. The molecule has 0 aromatic heterocycles. The standard InChI is InChI=1S/C26H27BrN4O4/c1-34-22-12-11-18(14-23(22)35-2)15-24(32)31-26(28)30-21(13-17-7-4-3-5-8-17)25(33)29-20-10-6-9-19(27)16-20/h3-12,14,16,21H,13,15H2,1-2H3,(H,29,33)(H3,28,30,31,32). The highest BCUT2D eigenvalue weighted by Crippen LogP contribution is 2.27. The maximum Gasteiger partial charge on any atom is 0.249 e. The second kappa shape index (κ2) is 12.6. The van der Waals surface area contributed by atoms with Gasteiger partial charge in [0.25, 0.3) is 0 Å². The van der Waals surface area contributed by atoms with Crippen molar-refractivity contribution < 1.29 is 19.1 Å². The highest BCUT2D eigenvalue weighted by atomic mass is 79.9. The molecular weight excluding hydrogens is 512 g/mol. The number of ether oxygens (including phenoxy) is 2. The fraction of sp³-hybridized carbons (Fsp3) is 0.192. The summed E-state index contributed by atoms with van der Waals surface area (Å²) in [6.07, 6.45) is 0.358. The van der Waals surface area contributed by atoms with E-state index >= 15 is 0 Å². The number of hydrogen-bond acceptors (Lipinski definition) is 5. The van der Waals surface area contributed by atoms with Gasteiger partial charge in [0.05, 0.1) is 20.6 Å². The van der Waals surface area contributed by atoms with Crippen molar-refractivity contribution in [2.24, 2.45) is 10.7 Å². The Morgan fingerprint density at radius 2 is 1.69 bits per heavy atom. The summed E-state index contributed by atoms with van der Waals surface area (Å²) in [5, 5.41) is 5.42. The van der Waals surface area contributed by atoms with E-state index in [4.69, 9.17) is 15.2 Å². The molecule has 0 aliphatic carbocycles. The van der Waals surface area contributed by atoms with Crippen LogP contribution in [-0.2, 0) is 22.4 Å². The Labute approximate surface area is 212 Å². The molecule has 3 aromatic carbocycles. The third kappa shape index (κ3) is 7.86. The van der Waals surface area contributed by atoms with Gasteiger partial charge in [-0.25, -0.2) is 4.99 Å². The monoisotopic (exact) mass is 538 g/mol. The number of carbonyl (C=O) groups excluding carboxylic acids is 2. The summed E-state index contributed by atoms with van der Waals surface area (Å²) in [5.41, 5.74) is 8.27. The van der Waals surface area contributed by atoms with E-state index in [9.17, 15) is 9.59 Å². The number of aliphatic imine (C=N–C) groups is 1. The SMILES string of the molecule is COc1ccc(CC(=O)NC(N)=NC(Cc2ccccc2)C(=O)Nc2cccc(Br)c2)cc1OC. The predicted molar refractivity (Wildman–Crippen MR) is 140 cm³/mol. The summed E-state index contributed by atoms with van der Waals surface area (Å²) >= 11 is 3.39. The molecule has 35 heavy (non-hydrogen) atoms. The van der Waals surface area contributed by atoms with Crippen LogP contribution in [0.3, 0.4) is 0 Å². The van der Waals surface area contributed by atoms with Crippen molar-refractivity contribution in [3.8, 4) is 11.5 Å². The van der Waals surface area contributed by atoms with Crippen molar-refractivity contribution in [2.45, 2.75) is 18.9 Å². The summed E-state index contributed by atoms with van der Waals surface area (Å²) in [7, 11) is 3.07. The molecule has 0 saturated carbocycles. The van der Waals surface area contributed by atoms with Gasteiger partial charge in [0.15, 0.2) is 17.5 Å². The molecule has 4 N–H and O–H groups in total. The lowest BCUT2D eigenvalue weighted by Gasteiger charge is -2.15. The van der Waals surface area contributed by atoms with Gasteiger partial charge in [-0.3, -0.25) is 14.9 Å². The Morgan fingerprint density at radius 1 is 0.943 bits per heavy atom. The molecule has 0 aliphatic rings. The zero-order valence-corrected chi connectivity index (χ0v) is 21.0. The van der Waals surface area contributed by atoms with Crippen molar-refractivity contribution in [2.75, 3.05) is 19.5 Å². The molecule has 3 rings (SSSR count). The highest BCUT2D eigenvalue weighted by molar-refractivity contribution is 9.10. The van der Waals surface area contributed by atoms with Crippen molar-refractivity contribution in [1.29, 1.82) is 0 Å². The van der Waals surface area contributed by atoms with E-state index in [-0.39, 0.29) is 24.2 Å². The number of rotatable bonds is 9. The second-order valence-corrected chi connectivity index (χ2v) is 8.55. The molecule has 1 atom stereocenters. The van der Waals surface area contributed by atoms with Gasteiger partial charge in [0, 0.05) is 16.6 Å². The molecule has 1 unspecified atom stereocenters. The quantitative estimate of drug-likeness (QED) is 0.284. The van der Waals surface area contributed by atoms with Gasteiger partial charge < -0.3 is 20.5 Å². The number of anilines is 1. The lowest BCUT2D eigenvalue weighted by atomic mass is 10.1. The van der Waals surface area contributed by atoms with Crippen LogP contribution in [0.4, 0.5) is 5.69 Å². The molecule has 9 heteroatoms. The van der Waals surface area contributed by atoms with E-state index in [0.717, 1.165) is 10.0 Å². The average molecular weight is 539 g/mol. The molecule has 182 valence electrons. The molecular formula is C26H27BrN4O4. The van der Waals surface area contributed by atoms with Crippen molar-refractivity contribution in [3.05, 3.63) is 88.4 Å². The van der Waals surface area contributed by atoms with Crippen LogP contribution in [-0.4, -0.2) is 38.0 Å². The van der Waals surface area contributed by atoms with E-state index in [1.807, 2.05) is 42.5 Å². The lowest BCUT2D eigenvalue weighted by Crippen LogP contribution is -2.40. The van der Waals surface area contributed by atoms with Crippen LogP contribution in [0.15, 0.2) is 82.3 Å². The maximum absolute atomic E-state index is 13.0. The van der Waals surface area contributed by atoms with Gasteiger partial charge >= 0.3 is 0 Å². The maximum atomic E-state index is 13.0. The number of nitrogens with one attached hydrogen (secondary N) is 2. The Bertz CT molecular complexity index is 1200. The smallest absolute Gasteiger partial charge is 0.249 e. The number of guanidine groups is 1. The summed E-state index contributed by atoms with van der Waals surface area (Å²) in [6, 6.07) is 21.1. The first kappa shape index (κ1) is 25.8. The third-order valence-corrected chi connectivity index (χ3v) is 5.53. The molecule has 2 amide bonds. The van der Waals surface area contributed by atoms with Crippen LogP contribution < -0.4 is 25.8 Å². The van der Waals surface area contributed by atoms with E-state index < -0.39 is 6.04 Å². The number of amides is 2. The summed E-state index contributed by atoms with van der Waals surface area (Å²) in [5.74, 6) is 0.235. The minimum absolute atomic E-state index is 0.0458. The molecule has 0 fully saturated rings. The Hall–Kier alpha value is -3.85. The van der Waals surface area contributed by atoms with Crippen LogP contribution in [0, 0.1) is 0 Å². The van der Waals surface area contributed by atoms with Crippen molar-refractivity contribution in [3.63, 3.8) is 0 Å². The van der Waals surface area contributed by atoms with E-state index in [2.05, 4.69) is 31.6 Å². The highest BCUT2D eigenvalue weighted by Gasteiger charge is 2.20. The lowest BCUT2D eigenvalue weighted by molar-refractivity contribution is -0.119. The zero-order chi connectivity index (χ0) is 25.2. The van der Waals surface area contributed by atoms with E-state index in [1.54, 1.807) is 37.4 Å². The van der Waals surface area contributed by atoms with Crippen LogP contribution in [0.2, 0.25) is 0 Å². The third-order valence-electron chi connectivity index (χ3n) is 5.04. The normalized spacial score (nSPS) is 11.9. The van der Waals surface area contributed by atoms with Crippen molar-refractivity contribution in [1.82, 2.24) is 5.32 Å².